The molecule has 0 atom stereocenters. The molecular formula is C18H23F6NO. The number of benzene rings is 1. The van der Waals surface area contributed by atoms with Crippen LogP contribution in [0.2, 0.25) is 0 Å². The molecule has 2 nitrogen and oxygen atoms in total. The highest BCUT2D eigenvalue weighted by molar-refractivity contribution is 5.14. The zero-order valence-corrected chi connectivity index (χ0v) is 14.2. The number of rotatable bonds is 6. The van der Waals surface area contributed by atoms with Gasteiger partial charge >= 0.3 is 12.4 Å². The smallest absolute Gasteiger partial charge is 0.373 e. The van der Waals surface area contributed by atoms with Gasteiger partial charge in [-0.2, -0.15) is 26.3 Å². The van der Waals surface area contributed by atoms with E-state index < -0.39 is 23.9 Å². The highest BCUT2D eigenvalue weighted by atomic mass is 19.4. The molecule has 26 heavy (non-hydrogen) atoms. The van der Waals surface area contributed by atoms with E-state index in [0.29, 0.717) is 6.54 Å². The first-order valence-electron chi connectivity index (χ1n) is 8.69. The second-order valence-electron chi connectivity index (χ2n) is 6.85. The summed E-state index contributed by atoms with van der Waals surface area (Å²) in [5.74, 6) is -1.86. The largest absolute Gasteiger partial charge is 0.426 e. The van der Waals surface area contributed by atoms with Crippen LogP contribution in [-0.4, -0.2) is 35.6 Å². The number of hydrogen-bond acceptors (Lipinski definition) is 2. The third-order valence-corrected chi connectivity index (χ3v) is 5.10. The molecule has 0 radical (unpaired) electrons. The Hall–Kier alpha value is -1.28. The van der Waals surface area contributed by atoms with Gasteiger partial charge in [0.05, 0.1) is 0 Å². The van der Waals surface area contributed by atoms with Crippen molar-refractivity contribution in [2.75, 3.05) is 6.54 Å². The van der Waals surface area contributed by atoms with Gasteiger partial charge in [0, 0.05) is 12.0 Å². The molecule has 2 rings (SSSR count). The third-order valence-electron chi connectivity index (χ3n) is 5.10. The van der Waals surface area contributed by atoms with E-state index in [1.54, 1.807) is 0 Å². The van der Waals surface area contributed by atoms with Gasteiger partial charge in [-0.3, -0.25) is 0 Å². The number of aliphatic hydroxyl groups is 1. The Kier molecular flexibility index (Phi) is 6.60. The Morgan fingerprint density at radius 2 is 1.42 bits per heavy atom. The van der Waals surface area contributed by atoms with E-state index in [-0.39, 0.29) is 31.7 Å². The van der Waals surface area contributed by atoms with Crippen molar-refractivity contribution in [1.29, 1.82) is 0 Å². The maximum Gasteiger partial charge on any atom is 0.426 e. The predicted molar refractivity (Wildman–Crippen MR) is 85.6 cm³/mol. The summed E-state index contributed by atoms with van der Waals surface area (Å²) in [5, 5.41) is 12.7. The number of halogens is 6. The van der Waals surface area contributed by atoms with Crippen LogP contribution < -0.4 is 5.32 Å². The summed E-state index contributed by atoms with van der Waals surface area (Å²) in [6.45, 7) is 0.646. The Bertz CT molecular complexity index is 535. The van der Waals surface area contributed by atoms with Crippen molar-refractivity contribution in [3.63, 3.8) is 0 Å². The normalized spacial score (nSPS) is 22.4. The summed E-state index contributed by atoms with van der Waals surface area (Å²) < 4.78 is 77.4. The Balaban J connectivity index is 1.81. The standard InChI is InChI=1S/C18H23F6NO/c19-17(20,21)16(26,18(22,23)24)14-8-10-15(11-9-14)25-12-4-7-13-5-2-1-3-6-13/h1-3,5-6,14-15,25-26H,4,7-12H2. The van der Waals surface area contributed by atoms with Crippen molar-refractivity contribution in [2.45, 2.75) is 62.5 Å². The molecule has 1 aliphatic carbocycles. The maximum atomic E-state index is 12.9. The number of alkyl halides is 6. The Morgan fingerprint density at radius 1 is 0.885 bits per heavy atom. The summed E-state index contributed by atoms with van der Waals surface area (Å²) in [5.41, 5.74) is -3.45. The first-order chi connectivity index (χ1) is 12.1. The molecule has 8 heteroatoms. The fourth-order valence-electron chi connectivity index (χ4n) is 3.58. The predicted octanol–water partition coefficient (Wildman–Crippen LogP) is 4.62. The van der Waals surface area contributed by atoms with E-state index in [9.17, 15) is 31.4 Å². The lowest BCUT2D eigenvalue weighted by molar-refractivity contribution is -0.387. The first-order valence-corrected chi connectivity index (χ1v) is 8.69. The van der Waals surface area contributed by atoms with Crippen molar-refractivity contribution in [3.05, 3.63) is 35.9 Å². The molecule has 0 spiro atoms. The van der Waals surface area contributed by atoms with Crippen LogP contribution in [0, 0.1) is 5.92 Å². The lowest BCUT2D eigenvalue weighted by Crippen LogP contribution is -2.62. The van der Waals surface area contributed by atoms with Crippen LogP contribution in [0.4, 0.5) is 26.3 Å². The zero-order chi connectivity index (χ0) is 19.4. The molecule has 1 aliphatic rings. The van der Waals surface area contributed by atoms with Gasteiger partial charge in [0.25, 0.3) is 5.60 Å². The van der Waals surface area contributed by atoms with E-state index in [1.165, 1.54) is 5.56 Å². The van der Waals surface area contributed by atoms with E-state index in [2.05, 4.69) is 5.32 Å². The van der Waals surface area contributed by atoms with Crippen molar-refractivity contribution in [3.8, 4) is 0 Å². The molecule has 1 saturated carbocycles. The molecule has 1 fully saturated rings. The summed E-state index contributed by atoms with van der Waals surface area (Å²) in [6.07, 6.45) is -10.0. The van der Waals surface area contributed by atoms with Gasteiger partial charge in [-0.25, -0.2) is 0 Å². The van der Waals surface area contributed by atoms with Gasteiger partial charge in [0.1, 0.15) is 0 Å². The lowest BCUT2D eigenvalue weighted by Gasteiger charge is -2.42. The minimum absolute atomic E-state index is 0.118. The van der Waals surface area contributed by atoms with Crippen molar-refractivity contribution in [1.82, 2.24) is 5.32 Å². The number of aryl methyl sites for hydroxylation is 1. The second kappa shape index (κ2) is 8.17. The molecule has 0 heterocycles. The van der Waals surface area contributed by atoms with Crippen LogP contribution >= 0.6 is 0 Å². The lowest BCUT2D eigenvalue weighted by atomic mass is 9.74. The number of nitrogens with one attached hydrogen (secondary N) is 1. The highest BCUT2D eigenvalue weighted by Gasteiger charge is 2.73. The van der Waals surface area contributed by atoms with Crippen molar-refractivity contribution < 1.29 is 31.4 Å². The molecule has 1 aromatic carbocycles. The van der Waals surface area contributed by atoms with Gasteiger partial charge < -0.3 is 10.4 Å². The van der Waals surface area contributed by atoms with Crippen LogP contribution in [0.5, 0.6) is 0 Å². The van der Waals surface area contributed by atoms with E-state index in [4.69, 9.17) is 0 Å². The SMILES string of the molecule is OC(C1CCC(NCCCc2ccccc2)CC1)(C(F)(F)F)C(F)(F)F. The summed E-state index contributed by atoms with van der Waals surface area (Å²) in [6, 6.07) is 9.68. The molecule has 1 aromatic rings. The monoisotopic (exact) mass is 383 g/mol. The molecule has 0 unspecified atom stereocenters. The topological polar surface area (TPSA) is 32.3 Å². The number of hydrogen-bond donors (Lipinski definition) is 2. The van der Waals surface area contributed by atoms with E-state index >= 15 is 0 Å². The average molecular weight is 383 g/mol. The summed E-state index contributed by atoms with van der Waals surface area (Å²) in [7, 11) is 0. The molecule has 0 bridgehead atoms. The van der Waals surface area contributed by atoms with Gasteiger partial charge in [0.2, 0.25) is 0 Å². The van der Waals surface area contributed by atoms with Crippen LogP contribution in [0.1, 0.15) is 37.7 Å². The van der Waals surface area contributed by atoms with Crippen LogP contribution in [-0.2, 0) is 6.42 Å². The Morgan fingerprint density at radius 3 is 1.92 bits per heavy atom. The molecular weight excluding hydrogens is 360 g/mol. The molecule has 148 valence electrons. The van der Waals surface area contributed by atoms with Gasteiger partial charge in [0.15, 0.2) is 0 Å². The minimum Gasteiger partial charge on any atom is -0.373 e. The third kappa shape index (κ3) is 4.71. The fraction of sp³-hybridized carbons (Fsp3) is 0.667. The van der Waals surface area contributed by atoms with Gasteiger partial charge in [-0.15, -0.1) is 0 Å². The minimum atomic E-state index is -5.73. The van der Waals surface area contributed by atoms with Gasteiger partial charge in [-0.1, -0.05) is 30.3 Å². The molecule has 0 aromatic heterocycles. The fourth-order valence-corrected chi connectivity index (χ4v) is 3.58. The molecule has 0 saturated heterocycles. The quantitative estimate of drug-likeness (QED) is 0.555. The van der Waals surface area contributed by atoms with E-state index in [0.717, 1.165) is 12.8 Å². The van der Waals surface area contributed by atoms with Gasteiger partial charge in [-0.05, 0) is 50.6 Å². The molecule has 0 aliphatic heterocycles. The zero-order valence-electron chi connectivity index (χ0n) is 14.2. The first kappa shape index (κ1) is 21.0. The van der Waals surface area contributed by atoms with E-state index in [1.807, 2.05) is 30.3 Å². The maximum absolute atomic E-state index is 12.9. The molecule has 2 N–H and O–H groups in total. The van der Waals surface area contributed by atoms with Crippen molar-refractivity contribution >= 4 is 0 Å². The van der Waals surface area contributed by atoms with Crippen LogP contribution in [0.15, 0.2) is 30.3 Å². The summed E-state index contributed by atoms with van der Waals surface area (Å²) in [4.78, 5) is 0. The molecule has 0 amide bonds. The Labute approximate surface area is 148 Å². The second-order valence-corrected chi connectivity index (χ2v) is 6.85. The summed E-state index contributed by atoms with van der Waals surface area (Å²) >= 11 is 0. The van der Waals surface area contributed by atoms with Crippen LogP contribution in [0.25, 0.3) is 0 Å². The van der Waals surface area contributed by atoms with Crippen molar-refractivity contribution in [2.24, 2.45) is 5.92 Å². The average Bonchev–Trinajstić information content (AvgIpc) is 2.57. The van der Waals surface area contributed by atoms with Crippen LogP contribution in [0.3, 0.4) is 0 Å². The highest BCUT2D eigenvalue weighted by Crippen LogP contribution is 2.51.